The number of benzene rings is 1. The molecule has 1 fully saturated rings. The van der Waals surface area contributed by atoms with Crippen molar-refractivity contribution in [2.24, 2.45) is 16.3 Å². The van der Waals surface area contributed by atoms with E-state index in [1.165, 1.54) is 24.8 Å². The number of rotatable bonds is 3. The maximum atomic E-state index is 8.75. The summed E-state index contributed by atoms with van der Waals surface area (Å²) in [5, 5.41) is 11.8. The molecule has 0 bridgehead atoms. The summed E-state index contributed by atoms with van der Waals surface area (Å²) in [5.74, 6) is 0.170. The Bertz CT molecular complexity index is 482. The third-order valence-electron chi connectivity index (χ3n) is 4.17. The van der Waals surface area contributed by atoms with Crippen LogP contribution in [0.25, 0.3) is 0 Å². The van der Waals surface area contributed by atoms with E-state index in [4.69, 9.17) is 10.9 Å². The highest BCUT2D eigenvalue weighted by molar-refractivity contribution is 5.97. The number of hydrogen-bond donors (Lipinski definition) is 2. The summed E-state index contributed by atoms with van der Waals surface area (Å²) in [4.78, 5) is 2.50. The average Bonchev–Trinajstić information content (AvgIpc) is 2.60. The molecule has 0 amide bonds. The van der Waals surface area contributed by atoms with Gasteiger partial charge in [-0.25, -0.2) is 0 Å². The molecule has 20 heavy (non-hydrogen) atoms. The van der Waals surface area contributed by atoms with E-state index in [1.807, 2.05) is 18.2 Å². The number of nitrogens with two attached hydrogens (primary N) is 1. The van der Waals surface area contributed by atoms with Crippen LogP contribution < -0.4 is 5.73 Å². The van der Waals surface area contributed by atoms with Gasteiger partial charge in [0.25, 0.3) is 0 Å². The Morgan fingerprint density at radius 3 is 2.90 bits per heavy atom. The summed E-state index contributed by atoms with van der Waals surface area (Å²) in [6, 6.07) is 7.93. The van der Waals surface area contributed by atoms with Crippen molar-refractivity contribution in [3.8, 4) is 0 Å². The Hall–Kier alpha value is -1.55. The van der Waals surface area contributed by atoms with Crippen LogP contribution in [0.5, 0.6) is 0 Å². The van der Waals surface area contributed by atoms with Crippen molar-refractivity contribution >= 4 is 5.84 Å². The first kappa shape index (κ1) is 14.9. The van der Waals surface area contributed by atoms with Gasteiger partial charge in [-0.3, -0.25) is 4.90 Å². The van der Waals surface area contributed by atoms with Crippen molar-refractivity contribution in [2.75, 3.05) is 13.1 Å². The lowest BCUT2D eigenvalue weighted by molar-refractivity contribution is 0.256. The van der Waals surface area contributed by atoms with Gasteiger partial charge < -0.3 is 10.9 Å². The minimum Gasteiger partial charge on any atom is -0.409 e. The molecule has 1 aromatic rings. The predicted octanol–water partition coefficient (Wildman–Crippen LogP) is 2.79. The standard InChI is InChI=1S/C16H25N3O/c1-16(2)7-4-9-19(10-8-16)12-13-5-3-6-14(11-13)15(17)18-20/h3,5-6,11,20H,4,7-10,12H2,1-2H3,(H2,17,18). The summed E-state index contributed by atoms with van der Waals surface area (Å²) in [6.45, 7) is 7.94. The average molecular weight is 275 g/mol. The number of amidine groups is 1. The molecule has 4 nitrogen and oxygen atoms in total. The SMILES string of the molecule is CC1(C)CCCN(Cc2cccc(C(N)=NO)c2)CC1. The number of hydrogen-bond acceptors (Lipinski definition) is 3. The second-order valence-electron chi connectivity index (χ2n) is 6.48. The van der Waals surface area contributed by atoms with Gasteiger partial charge in [-0.05, 0) is 49.4 Å². The first-order valence-electron chi connectivity index (χ1n) is 7.29. The fourth-order valence-electron chi connectivity index (χ4n) is 2.78. The molecule has 0 aromatic heterocycles. The molecule has 1 saturated heterocycles. The Labute approximate surface area is 121 Å². The molecular weight excluding hydrogens is 250 g/mol. The van der Waals surface area contributed by atoms with Crippen LogP contribution in [-0.4, -0.2) is 29.0 Å². The minimum atomic E-state index is 0.170. The van der Waals surface area contributed by atoms with E-state index < -0.39 is 0 Å². The Morgan fingerprint density at radius 2 is 2.15 bits per heavy atom. The smallest absolute Gasteiger partial charge is 0.170 e. The van der Waals surface area contributed by atoms with Crippen molar-refractivity contribution in [3.05, 3.63) is 35.4 Å². The lowest BCUT2D eigenvalue weighted by Gasteiger charge is -2.23. The molecule has 110 valence electrons. The molecule has 0 spiro atoms. The van der Waals surface area contributed by atoms with Crippen molar-refractivity contribution in [3.63, 3.8) is 0 Å². The fraction of sp³-hybridized carbons (Fsp3) is 0.562. The predicted molar refractivity (Wildman–Crippen MR) is 81.9 cm³/mol. The Morgan fingerprint density at radius 1 is 1.35 bits per heavy atom. The van der Waals surface area contributed by atoms with Crippen LogP contribution in [0.3, 0.4) is 0 Å². The van der Waals surface area contributed by atoms with Crippen LogP contribution in [0.1, 0.15) is 44.2 Å². The van der Waals surface area contributed by atoms with Crippen molar-refractivity contribution in [1.29, 1.82) is 0 Å². The van der Waals surface area contributed by atoms with E-state index in [2.05, 4.69) is 30.0 Å². The van der Waals surface area contributed by atoms with E-state index in [0.29, 0.717) is 5.41 Å². The molecule has 0 saturated carbocycles. The van der Waals surface area contributed by atoms with Gasteiger partial charge in [0.15, 0.2) is 5.84 Å². The number of nitrogens with zero attached hydrogens (tertiary/aromatic N) is 2. The third kappa shape index (κ3) is 3.97. The zero-order valence-corrected chi connectivity index (χ0v) is 12.5. The van der Waals surface area contributed by atoms with Crippen molar-refractivity contribution in [2.45, 2.75) is 39.7 Å². The molecule has 4 heteroatoms. The molecule has 1 aliphatic heterocycles. The number of oxime groups is 1. The van der Waals surface area contributed by atoms with Gasteiger partial charge in [0.05, 0.1) is 0 Å². The van der Waals surface area contributed by atoms with E-state index in [9.17, 15) is 0 Å². The molecule has 0 unspecified atom stereocenters. The maximum absolute atomic E-state index is 8.75. The third-order valence-corrected chi connectivity index (χ3v) is 4.17. The van der Waals surface area contributed by atoms with Gasteiger partial charge in [0, 0.05) is 12.1 Å². The molecule has 1 heterocycles. The van der Waals surface area contributed by atoms with Crippen LogP contribution in [0.2, 0.25) is 0 Å². The molecule has 1 aliphatic rings. The van der Waals surface area contributed by atoms with Crippen molar-refractivity contribution in [1.82, 2.24) is 4.90 Å². The van der Waals surface area contributed by atoms with Gasteiger partial charge in [-0.1, -0.05) is 37.2 Å². The van der Waals surface area contributed by atoms with Crippen LogP contribution in [0.15, 0.2) is 29.4 Å². The zero-order valence-electron chi connectivity index (χ0n) is 12.5. The lowest BCUT2D eigenvalue weighted by atomic mass is 9.85. The lowest BCUT2D eigenvalue weighted by Crippen LogP contribution is -2.25. The second-order valence-corrected chi connectivity index (χ2v) is 6.48. The fourth-order valence-corrected chi connectivity index (χ4v) is 2.78. The first-order chi connectivity index (χ1) is 9.50. The Kier molecular flexibility index (Phi) is 4.65. The quantitative estimate of drug-likeness (QED) is 0.386. The second kappa shape index (κ2) is 6.27. The highest BCUT2D eigenvalue weighted by Gasteiger charge is 2.22. The summed E-state index contributed by atoms with van der Waals surface area (Å²) < 4.78 is 0. The largest absolute Gasteiger partial charge is 0.409 e. The number of likely N-dealkylation sites (tertiary alicyclic amines) is 1. The van der Waals surface area contributed by atoms with Crippen LogP contribution >= 0.6 is 0 Å². The van der Waals surface area contributed by atoms with E-state index >= 15 is 0 Å². The molecule has 3 N–H and O–H groups in total. The van der Waals surface area contributed by atoms with Crippen LogP contribution in [0.4, 0.5) is 0 Å². The molecular formula is C16H25N3O. The summed E-state index contributed by atoms with van der Waals surface area (Å²) in [5.41, 5.74) is 8.10. The molecule has 2 rings (SSSR count). The molecule has 1 aromatic carbocycles. The monoisotopic (exact) mass is 275 g/mol. The first-order valence-corrected chi connectivity index (χ1v) is 7.29. The van der Waals surface area contributed by atoms with E-state index in [-0.39, 0.29) is 5.84 Å². The minimum absolute atomic E-state index is 0.170. The van der Waals surface area contributed by atoms with Crippen LogP contribution in [0, 0.1) is 5.41 Å². The van der Waals surface area contributed by atoms with Gasteiger partial charge in [0.2, 0.25) is 0 Å². The summed E-state index contributed by atoms with van der Waals surface area (Å²) >= 11 is 0. The maximum Gasteiger partial charge on any atom is 0.170 e. The van der Waals surface area contributed by atoms with E-state index in [1.54, 1.807) is 0 Å². The Balaban J connectivity index is 2.03. The van der Waals surface area contributed by atoms with Gasteiger partial charge >= 0.3 is 0 Å². The normalized spacial score (nSPS) is 20.6. The zero-order chi connectivity index (χ0) is 14.6. The molecule has 0 atom stereocenters. The molecule has 0 radical (unpaired) electrons. The van der Waals surface area contributed by atoms with Gasteiger partial charge in [0.1, 0.15) is 0 Å². The highest BCUT2D eigenvalue weighted by atomic mass is 16.4. The summed E-state index contributed by atoms with van der Waals surface area (Å²) in [7, 11) is 0. The topological polar surface area (TPSA) is 61.8 Å². The van der Waals surface area contributed by atoms with Gasteiger partial charge in [-0.2, -0.15) is 0 Å². The van der Waals surface area contributed by atoms with Crippen LogP contribution in [-0.2, 0) is 6.54 Å². The summed E-state index contributed by atoms with van der Waals surface area (Å²) in [6.07, 6.45) is 3.80. The van der Waals surface area contributed by atoms with Gasteiger partial charge in [-0.15, -0.1) is 0 Å². The van der Waals surface area contributed by atoms with Crippen molar-refractivity contribution < 1.29 is 5.21 Å². The van der Waals surface area contributed by atoms with E-state index in [0.717, 1.165) is 25.2 Å². The highest BCUT2D eigenvalue weighted by Crippen LogP contribution is 2.30. The molecule has 0 aliphatic carbocycles.